The molecule has 20 heavy (non-hydrogen) atoms. The lowest BCUT2D eigenvalue weighted by molar-refractivity contribution is -0.0540. The quantitative estimate of drug-likeness (QED) is 0.878. The standard InChI is InChI=1S/C15H15ClN2O2/c16-11-3-1-2-9-12-6-17-8-18(12)15(14(9)11)10-4-5-20-7-13(10)19/h1-3,6,8,10,13,15,19H,4-5,7H2/t10-,13-,15-/m0/s1. The van der Waals surface area contributed by atoms with E-state index in [1.165, 1.54) is 0 Å². The van der Waals surface area contributed by atoms with Crippen LogP contribution in [0.5, 0.6) is 0 Å². The molecule has 3 atom stereocenters. The number of ether oxygens (including phenoxy) is 1. The van der Waals surface area contributed by atoms with Crippen molar-refractivity contribution in [1.82, 2.24) is 9.55 Å². The van der Waals surface area contributed by atoms with E-state index >= 15 is 0 Å². The molecule has 0 aliphatic carbocycles. The molecule has 5 heteroatoms. The molecule has 0 saturated carbocycles. The molecular formula is C15H15ClN2O2. The summed E-state index contributed by atoms with van der Waals surface area (Å²) < 4.78 is 7.49. The van der Waals surface area contributed by atoms with Gasteiger partial charge in [0.25, 0.3) is 0 Å². The van der Waals surface area contributed by atoms with Crippen molar-refractivity contribution in [3.8, 4) is 11.3 Å². The van der Waals surface area contributed by atoms with Crippen LogP contribution in [0.1, 0.15) is 18.0 Å². The Kier molecular flexibility index (Phi) is 2.84. The lowest BCUT2D eigenvalue weighted by Crippen LogP contribution is -2.37. The molecule has 4 rings (SSSR count). The largest absolute Gasteiger partial charge is 0.390 e. The summed E-state index contributed by atoms with van der Waals surface area (Å²) in [5, 5.41) is 11.1. The van der Waals surface area contributed by atoms with Crippen LogP contribution < -0.4 is 0 Å². The number of fused-ring (bicyclic) bond motifs is 3. The lowest BCUT2D eigenvalue weighted by Gasteiger charge is -2.33. The topological polar surface area (TPSA) is 47.3 Å². The molecule has 0 unspecified atom stereocenters. The number of aliphatic hydroxyl groups excluding tert-OH is 1. The van der Waals surface area contributed by atoms with Crippen molar-refractivity contribution in [3.63, 3.8) is 0 Å². The predicted octanol–water partition coefficient (Wildman–Crippen LogP) is 2.50. The average molecular weight is 291 g/mol. The molecule has 2 aliphatic heterocycles. The first-order chi connectivity index (χ1) is 9.77. The number of nitrogens with zero attached hydrogens (tertiary/aromatic N) is 2. The van der Waals surface area contributed by atoms with Gasteiger partial charge in [0.2, 0.25) is 0 Å². The van der Waals surface area contributed by atoms with Crippen molar-refractivity contribution in [3.05, 3.63) is 41.3 Å². The fraction of sp³-hybridized carbons (Fsp3) is 0.400. The van der Waals surface area contributed by atoms with Gasteiger partial charge in [-0.2, -0.15) is 0 Å². The Bertz CT molecular complexity index is 655. The van der Waals surface area contributed by atoms with Crippen molar-refractivity contribution in [2.24, 2.45) is 5.92 Å². The summed E-state index contributed by atoms with van der Waals surface area (Å²) in [6.07, 6.45) is 4.05. The zero-order valence-corrected chi connectivity index (χ0v) is 11.6. The van der Waals surface area contributed by atoms with Crippen LogP contribution in [0.3, 0.4) is 0 Å². The van der Waals surface area contributed by atoms with Gasteiger partial charge in [0.1, 0.15) is 0 Å². The number of benzene rings is 1. The van der Waals surface area contributed by atoms with Crippen molar-refractivity contribution in [2.45, 2.75) is 18.6 Å². The SMILES string of the molecule is O[C@H]1COCC[C@@H]1[C@H]1c2c(Cl)cccc2-c2cncn21. The molecule has 1 fully saturated rings. The zero-order chi connectivity index (χ0) is 13.7. The molecule has 3 heterocycles. The maximum absolute atomic E-state index is 10.3. The number of aromatic nitrogens is 2. The van der Waals surface area contributed by atoms with Crippen LogP contribution in [-0.4, -0.2) is 34.0 Å². The van der Waals surface area contributed by atoms with Gasteiger partial charge in [-0.1, -0.05) is 23.7 Å². The molecular weight excluding hydrogens is 276 g/mol. The van der Waals surface area contributed by atoms with Gasteiger partial charge in [0.15, 0.2) is 0 Å². The van der Waals surface area contributed by atoms with Crippen molar-refractivity contribution >= 4 is 11.6 Å². The molecule has 2 aromatic rings. The lowest BCUT2D eigenvalue weighted by atomic mass is 9.85. The summed E-state index contributed by atoms with van der Waals surface area (Å²) in [4.78, 5) is 4.25. The molecule has 1 aromatic heterocycles. The normalized spacial score (nSPS) is 28.2. The highest BCUT2D eigenvalue weighted by Gasteiger charge is 2.40. The summed E-state index contributed by atoms with van der Waals surface area (Å²) in [7, 11) is 0. The molecule has 1 N–H and O–H groups in total. The van der Waals surface area contributed by atoms with Gasteiger partial charge in [0.05, 0.1) is 37.0 Å². The summed E-state index contributed by atoms with van der Waals surface area (Å²) >= 11 is 6.43. The number of halogens is 1. The Labute approximate surface area is 122 Å². The third-order valence-corrected chi connectivity index (χ3v) is 4.70. The van der Waals surface area contributed by atoms with E-state index in [0.717, 1.165) is 28.3 Å². The van der Waals surface area contributed by atoms with E-state index in [0.29, 0.717) is 13.2 Å². The van der Waals surface area contributed by atoms with Crippen LogP contribution in [0, 0.1) is 5.92 Å². The number of rotatable bonds is 1. The Hall–Kier alpha value is -1.36. The second-order valence-electron chi connectivity index (χ2n) is 5.43. The first-order valence-electron chi connectivity index (χ1n) is 6.84. The zero-order valence-electron chi connectivity index (χ0n) is 10.9. The van der Waals surface area contributed by atoms with Crippen LogP contribution in [0.15, 0.2) is 30.7 Å². The molecule has 104 valence electrons. The minimum atomic E-state index is -0.466. The minimum Gasteiger partial charge on any atom is -0.390 e. The van der Waals surface area contributed by atoms with Gasteiger partial charge in [-0.3, -0.25) is 0 Å². The van der Waals surface area contributed by atoms with Gasteiger partial charge in [-0.25, -0.2) is 4.98 Å². The maximum Gasteiger partial charge on any atom is 0.0956 e. The smallest absolute Gasteiger partial charge is 0.0956 e. The highest BCUT2D eigenvalue weighted by molar-refractivity contribution is 6.32. The molecule has 0 amide bonds. The van der Waals surface area contributed by atoms with Crippen LogP contribution in [0.2, 0.25) is 5.02 Å². The number of imidazole rings is 1. The Morgan fingerprint density at radius 1 is 1.40 bits per heavy atom. The molecule has 1 aromatic carbocycles. The maximum atomic E-state index is 10.3. The molecule has 0 bridgehead atoms. The Morgan fingerprint density at radius 2 is 2.30 bits per heavy atom. The van der Waals surface area contributed by atoms with Gasteiger partial charge in [-0.15, -0.1) is 0 Å². The summed E-state index contributed by atoms with van der Waals surface area (Å²) in [5.41, 5.74) is 3.31. The predicted molar refractivity (Wildman–Crippen MR) is 75.7 cm³/mol. The van der Waals surface area contributed by atoms with Gasteiger partial charge in [-0.05, 0) is 12.5 Å². The number of aliphatic hydroxyl groups is 1. The van der Waals surface area contributed by atoms with Crippen molar-refractivity contribution < 1.29 is 9.84 Å². The molecule has 0 spiro atoms. The molecule has 1 saturated heterocycles. The Balaban J connectivity index is 1.88. The van der Waals surface area contributed by atoms with E-state index in [4.69, 9.17) is 16.3 Å². The van der Waals surface area contributed by atoms with E-state index < -0.39 is 6.10 Å². The monoisotopic (exact) mass is 290 g/mol. The minimum absolute atomic E-state index is 0.0510. The summed E-state index contributed by atoms with van der Waals surface area (Å²) in [5.74, 6) is 0.109. The fourth-order valence-corrected chi connectivity index (χ4v) is 3.75. The van der Waals surface area contributed by atoms with Crippen molar-refractivity contribution in [2.75, 3.05) is 13.2 Å². The Morgan fingerprint density at radius 3 is 3.15 bits per heavy atom. The summed E-state index contributed by atoms with van der Waals surface area (Å²) in [6.45, 7) is 1.08. The van der Waals surface area contributed by atoms with Gasteiger partial charge < -0.3 is 14.4 Å². The average Bonchev–Trinajstić information content (AvgIpc) is 3.01. The summed E-state index contributed by atoms with van der Waals surface area (Å²) in [6, 6.07) is 6.00. The second kappa shape index (κ2) is 4.58. The van der Waals surface area contributed by atoms with Crippen LogP contribution >= 0.6 is 11.6 Å². The van der Waals surface area contributed by atoms with Crippen LogP contribution in [0.25, 0.3) is 11.3 Å². The fourth-order valence-electron chi connectivity index (χ4n) is 3.46. The second-order valence-corrected chi connectivity index (χ2v) is 5.83. The van der Waals surface area contributed by atoms with Crippen LogP contribution in [0.4, 0.5) is 0 Å². The highest BCUT2D eigenvalue weighted by atomic mass is 35.5. The first-order valence-corrected chi connectivity index (χ1v) is 7.21. The molecule has 4 nitrogen and oxygen atoms in total. The first kappa shape index (κ1) is 12.4. The third-order valence-electron chi connectivity index (χ3n) is 4.37. The van der Waals surface area contributed by atoms with Crippen LogP contribution in [-0.2, 0) is 4.74 Å². The third kappa shape index (κ3) is 1.65. The highest BCUT2D eigenvalue weighted by Crippen LogP contribution is 2.48. The van der Waals surface area contributed by atoms with E-state index in [-0.39, 0.29) is 12.0 Å². The number of hydrogen-bond donors (Lipinski definition) is 1. The molecule has 0 radical (unpaired) electrons. The van der Waals surface area contributed by atoms with E-state index in [1.54, 1.807) is 0 Å². The number of hydrogen-bond acceptors (Lipinski definition) is 3. The molecule has 2 aliphatic rings. The van der Waals surface area contributed by atoms with E-state index in [2.05, 4.69) is 15.6 Å². The van der Waals surface area contributed by atoms with E-state index in [1.807, 2.05) is 24.7 Å². The van der Waals surface area contributed by atoms with E-state index in [9.17, 15) is 5.11 Å². The van der Waals surface area contributed by atoms with Gasteiger partial charge in [0, 0.05) is 28.7 Å². The van der Waals surface area contributed by atoms with Gasteiger partial charge >= 0.3 is 0 Å². The van der Waals surface area contributed by atoms with Crippen molar-refractivity contribution in [1.29, 1.82) is 0 Å².